The first kappa shape index (κ1) is 20.3. The van der Waals surface area contributed by atoms with E-state index in [0.717, 1.165) is 34.8 Å². The lowest BCUT2D eigenvalue weighted by Gasteiger charge is -2.07. The Balaban J connectivity index is 1.42. The largest absolute Gasteiger partial charge is 0.331 e. The number of imidazole rings is 1. The van der Waals surface area contributed by atoms with Gasteiger partial charge in [0.25, 0.3) is 0 Å². The molecule has 0 spiro atoms. The molecule has 31 heavy (non-hydrogen) atoms. The van der Waals surface area contributed by atoms with Gasteiger partial charge in [-0.2, -0.15) is 5.10 Å². The molecule has 7 heteroatoms. The van der Waals surface area contributed by atoms with Gasteiger partial charge in [0, 0.05) is 48.9 Å². The first-order valence-electron chi connectivity index (χ1n) is 9.83. The van der Waals surface area contributed by atoms with Gasteiger partial charge in [-0.15, -0.1) is 0 Å². The Bertz CT molecular complexity index is 1220. The first-order chi connectivity index (χ1) is 15.0. The number of nitrogens with one attached hydrogen (secondary N) is 1. The number of hydrogen-bond donors (Lipinski definition) is 1. The summed E-state index contributed by atoms with van der Waals surface area (Å²) in [5.74, 6) is 0.415. The lowest BCUT2D eigenvalue weighted by molar-refractivity contribution is -0.111. The van der Waals surface area contributed by atoms with Crippen LogP contribution in [0.2, 0.25) is 0 Å². The van der Waals surface area contributed by atoms with Gasteiger partial charge in [0.1, 0.15) is 11.6 Å². The average Bonchev–Trinajstić information content (AvgIpc) is 3.34. The van der Waals surface area contributed by atoms with E-state index >= 15 is 0 Å². The fraction of sp³-hybridized carbons (Fsp3) is 0.125. The van der Waals surface area contributed by atoms with Crippen LogP contribution in [-0.2, 0) is 18.4 Å². The summed E-state index contributed by atoms with van der Waals surface area (Å²) < 4.78 is 17.0. The maximum Gasteiger partial charge on any atom is 0.248 e. The van der Waals surface area contributed by atoms with Crippen LogP contribution in [0.1, 0.15) is 17.0 Å². The molecule has 0 aliphatic heterocycles. The van der Waals surface area contributed by atoms with E-state index in [1.165, 1.54) is 18.2 Å². The van der Waals surface area contributed by atoms with Gasteiger partial charge in [-0.25, -0.2) is 9.37 Å². The summed E-state index contributed by atoms with van der Waals surface area (Å²) in [4.78, 5) is 16.6. The van der Waals surface area contributed by atoms with E-state index in [-0.39, 0.29) is 11.7 Å². The molecule has 0 saturated carbocycles. The van der Waals surface area contributed by atoms with Crippen molar-refractivity contribution in [3.05, 3.63) is 96.0 Å². The van der Waals surface area contributed by atoms with Crippen LogP contribution in [0.5, 0.6) is 0 Å². The average molecular weight is 415 g/mol. The summed E-state index contributed by atoms with van der Waals surface area (Å²) in [6.45, 7) is 2.69. The molecular formula is C24H22FN5O. The molecule has 2 heterocycles. The van der Waals surface area contributed by atoms with Gasteiger partial charge >= 0.3 is 0 Å². The molecule has 0 radical (unpaired) electrons. The number of benzene rings is 2. The zero-order valence-corrected chi connectivity index (χ0v) is 17.3. The number of rotatable bonds is 6. The van der Waals surface area contributed by atoms with Crippen molar-refractivity contribution in [2.45, 2.75) is 13.5 Å². The third-order valence-corrected chi connectivity index (χ3v) is 5.00. The molecule has 156 valence electrons. The van der Waals surface area contributed by atoms with Crippen molar-refractivity contribution in [3.8, 4) is 11.3 Å². The van der Waals surface area contributed by atoms with Gasteiger partial charge in [0.15, 0.2) is 0 Å². The summed E-state index contributed by atoms with van der Waals surface area (Å²) in [5, 5.41) is 7.12. The quantitative estimate of drug-likeness (QED) is 0.474. The van der Waals surface area contributed by atoms with E-state index in [0.29, 0.717) is 5.69 Å². The Morgan fingerprint density at radius 3 is 2.55 bits per heavy atom. The Labute approximate surface area is 179 Å². The monoisotopic (exact) mass is 415 g/mol. The number of aromatic nitrogens is 4. The van der Waals surface area contributed by atoms with Crippen LogP contribution in [0.3, 0.4) is 0 Å². The van der Waals surface area contributed by atoms with Crippen molar-refractivity contribution in [3.63, 3.8) is 0 Å². The van der Waals surface area contributed by atoms with Gasteiger partial charge in [-0.3, -0.25) is 9.48 Å². The SMILES string of the molecule is Cc1nccn1Cc1ccc(NC(=O)/C=C/c2cnn(C)c2-c2ccc(F)cc2)cc1. The Hall–Kier alpha value is -4.00. The fourth-order valence-electron chi connectivity index (χ4n) is 3.35. The summed E-state index contributed by atoms with van der Waals surface area (Å²) in [7, 11) is 1.81. The fourth-order valence-corrected chi connectivity index (χ4v) is 3.35. The van der Waals surface area contributed by atoms with E-state index in [1.54, 1.807) is 35.3 Å². The van der Waals surface area contributed by atoms with Crippen molar-refractivity contribution in [2.75, 3.05) is 5.32 Å². The minimum Gasteiger partial charge on any atom is -0.331 e. The lowest BCUT2D eigenvalue weighted by Crippen LogP contribution is -2.08. The van der Waals surface area contributed by atoms with Crippen molar-refractivity contribution in [2.24, 2.45) is 7.05 Å². The molecule has 0 unspecified atom stereocenters. The Kier molecular flexibility index (Phi) is 5.75. The number of anilines is 1. The summed E-state index contributed by atoms with van der Waals surface area (Å²) in [6.07, 6.45) is 8.56. The molecule has 1 N–H and O–H groups in total. The smallest absolute Gasteiger partial charge is 0.248 e. The molecule has 4 aromatic rings. The van der Waals surface area contributed by atoms with E-state index < -0.39 is 0 Å². The van der Waals surface area contributed by atoms with E-state index in [9.17, 15) is 9.18 Å². The third-order valence-electron chi connectivity index (χ3n) is 5.00. The molecule has 0 fully saturated rings. The lowest BCUT2D eigenvalue weighted by atomic mass is 10.1. The van der Waals surface area contributed by atoms with E-state index in [4.69, 9.17) is 0 Å². The number of hydrogen-bond acceptors (Lipinski definition) is 3. The molecule has 1 amide bonds. The molecule has 2 aromatic heterocycles. The van der Waals surface area contributed by atoms with Crippen LogP contribution >= 0.6 is 0 Å². The van der Waals surface area contributed by atoms with Crippen molar-refractivity contribution >= 4 is 17.7 Å². The van der Waals surface area contributed by atoms with Crippen LogP contribution in [-0.4, -0.2) is 25.2 Å². The standard InChI is InChI=1S/C24H22FN5O/c1-17-26-13-14-30(17)16-18-3-10-22(11-4-18)28-23(31)12-7-20-15-27-29(2)24(20)19-5-8-21(25)9-6-19/h3-15H,16H2,1-2H3,(H,28,31)/b12-7+. The topological polar surface area (TPSA) is 64.7 Å². The third kappa shape index (κ3) is 4.78. The Morgan fingerprint density at radius 2 is 1.87 bits per heavy atom. The van der Waals surface area contributed by atoms with Crippen molar-refractivity contribution in [1.29, 1.82) is 0 Å². The maximum atomic E-state index is 13.2. The van der Waals surface area contributed by atoms with Gasteiger partial charge in [0.05, 0.1) is 11.9 Å². The van der Waals surface area contributed by atoms with E-state index in [1.807, 2.05) is 44.4 Å². The highest BCUT2D eigenvalue weighted by atomic mass is 19.1. The maximum absolute atomic E-state index is 13.2. The van der Waals surface area contributed by atoms with Crippen LogP contribution in [0, 0.1) is 12.7 Å². The normalized spacial score (nSPS) is 11.2. The van der Waals surface area contributed by atoms with E-state index in [2.05, 4.69) is 20.0 Å². The summed E-state index contributed by atoms with van der Waals surface area (Å²) >= 11 is 0. The van der Waals surface area contributed by atoms with Crippen LogP contribution < -0.4 is 5.32 Å². The van der Waals surface area contributed by atoms with Gasteiger partial charge in [-0.1, -0.05) is 12.1 Å². The predicted molar refractivity (Wildman–Crippen MR) is 119 cm³/mol. The minimum atomic E-state index is -0.298. The highest BCUT2D eigenvalue weighted by Crippen LogP contribution is 2.24. The number of carbonyl (C=O) groups is 1. The first-order valence-corrected chi connectivity index (χ1v) is 9.83. The number of aryl methyl sites for hydroxylation is 2. The molecule has 0 aliphatic rings. The highest BCUT2D eigenvalue weighted by molar-refractivity contribution is 6.02. The molecule has 0 saturated heterocycles. The summed E-state index contributed by atoms with van der Waals surface area (Å²) in [5.41, 5.74) is 4.24. The second-order valence-electron chi connectivity index (χ2n) is 7.20. The van der Waals surface area contributed by atoms with Gasteiger partial charge in [-0.05, 0) is 55.0 Å². The molecule has 0 atom stereocenters. The number of halogens is 1. The van der Waals surface area contributed by atoms with Crippen LogP contribution in [0.25, 0.3) is 17.3 Å². The Morgan fingerprint density at radius 1 is 1.13 bits per heavy atom. The predicted octanol–water partition coefficient (Wildman–Crippen LogP) is 4.43. The van der Waals surface area contributed by atoms with Gasteiger partial charge in [0.2, 0.25) is 5.91 Å². The minimum absolute atomic E-state index is 0.243. The van der Waals surface area contributed by atoms with Crippen molar-refractivity contribution in [1.82, 2.24) is 19.3 Å². The number of nitrogens with zero attached hydrogens (tertiary/aromatic N) is 4. The van der Waals surface area contributed by atoms with Crippen LogP contribution in [0.15, 0.2) is 73.2 Å². The molecule has 6 nitrogen and oxygen atoms in total. The number of amides is 1. The second kappa shape index (κ2) is 8.79. The summed E-state index contributed by atoms with van der Waals surface area (Å²) in [6, 6.07) is 13.9. The second-order valence-corrected chi connectivity index (χ2v) is 7.20. The molecule has 0 aliphatic carbocycles. The molecule has 2 aromatic carbocycles. The van der Waals surface area contributed by atoms with Crippen LogP contribution in [0.4, 0.5) is 10.1 Å². The molecule has 4 rings (SSSR count). The molecule has 0 bridgehead atoms. The zero-order chi connectivity index (χ0) is 21.8. The number of carbonyl (C=O) groups excluding carboxylic acids is 1. The highest BCUT2D eigenvalue weighted by Gasteiger charge is 2.09. The van der Waals surface area contributed by atoms with Crippen molar-refractivity contribution < 1.29 is 9.18 Å². The van der Waals surface area contributed by atoms with Gasteiger partial charge < -0.3 is 9.88 Å². The molecular weight excluding hydrogens is 393 g/mol. The zero-order valence-electron chi connectivity index (χ0n) is 17.3.